The molecule has 0 spiro atoms. The molecule has 0 bridgehead atoms. The van der Waals surface area contributed by atoms with Crippen LogP contribution in [0.2, 0.25) is 0 Å². The first-order valence-corrected chi connectivity index (χ1v) is 6.68. The summed E-state index contributed by atoms with van der Waals surface area (Å²) in [7, 11) is 1.88. The van der Waals surface area contributed by atoms with Gasteiger partial charge in [-0.05, 0) is 54.9 Å². The summed E-state index contributed by atoms with van der Waals surface area (Å²) >= 11 is 3.42. The number of nitrogens with zero attached hydrogens (tertiary/aromatic N) is 2. The summed E-state index contributed by atoms with van der Waals surface area (Å²) in [6.45, 7) is 5.39. The van der Waals surface area contributed by atoms with Crippen molar-refractivity contribution < 1.29 is 9.53 Å². The van der Waals surface area contributed by atoms with Crippen molar-refractivity contribution >= 4 is 21.7 Å². The van der Waals surface area contributed by atoms with Crippen molar-refractivity contribution in [3.8, 4) is 11.5 Å². The second kappa shape index (κ2) is 5.17. The van der Waals surface area contributed by atoms with E-state index in [4.69, 9.17) is 4.74 Å². The van der Waals surface area contributed by atoms with Gasteiger partial charge < -0.3 is 4.74 Å². The lowest BCUT2D eigenvalue weighted by atomic mass is 10.1. The number of ether oxygens (including phenoxy) is 1. The third-order valence-corrected chi connectivity index (χ3v) is 3.61. The third kappa shape index (κ3) is 2.71. The Kier molecular flexibility index (Phi) is 3.75. The zero-order valence-electron chi connectivity index (χ0n) is 11.3. The van der Waals surface area contributed by atoms with Crippen LogP contribution in [0.25, 0.3) is 0 Å². The van der Waals surface area contributed by atoms with Gasteiger partial charge in [-0.3, -0.25) is 9.48 Å². The summed E-state index contributed by atoms with van der Waals surface area (Å²) in [5, 5.41) is 4.30. The second-order valence-corrected chi connectivity index (χ2v) is 5.28. The number of aryl methyl sites for hydroxylation is 2. The normalized spacial score (nSPS) is 10.6. The zero-order chi connectivity index (χ0) is 14.2. The largest absolute Gasteiger partial charge is 0.452 e. The molecule has 5 heteroatoms. The Morgan fingerprint density at radius 3 is 2.53 bits per heavy atom. The molecule has 0 saturated heterocycles. The molecule has 1 aromatic heterocycles. The van der Waals surface area contributed by atoms with Crippen LogP contribution < -0.4 is 4.74 Å². The van der Waals surface area contributed by atoms with E-state index in [1.165, 1.54) is 6.92 Å². The van der Waals surface area contributed by atoms with E-state index in [1.807, 2.05) is 20.9 Å². The molecule has 0 aliphatic heterocycles. The smallest absolute Gasteiger partial charge is 0.171 e. The summed E-state index contributed by atoms with van der Waals surface area (Å²) in [4.78, 5) is 11.3. The molecule has 19 heavy (non-hydrogen) atoms. The highest BCUT2D eigenvalue weighted by molar-refractivity contribution is 9.10. The summed E-state index contributed by atoms with van der Waals surface area (Å²) in [6.07, 6.45) is 0. The van der Waals surface area contributed by atoms with Gasteiger partial charge in [0.1, 0.15) is 11.4 Å². The minimum atomic E-state index is 0.0287. The van der Waals surface area contributed by atoms with E-state index < -0.39 is 0 Å². The van der Waals surface area contributed by atoms with E-state index in [0.29, 0.717) is 11.3 Å². The molecule has 0 radical (unpaired) electrons. The highest BCUT2D eigenvalue weighted by Gasteiger charge is 2.14. The molecule has 4 nitrogen and oxygen atoms in total. The molecule has 2 rings (SSSR count). The number of hydrogen-bond donors (Lipinski definition) is 0. The van der Waals surface area contributed by atoms with Crippen molar-refractivity contribution in [3.05, 3.63) is 39.6 Å². The Bertz CT molecular complexity index is 647. The third-order valence-electron chi connectivity index (χ3n) is 2.99. The van der Waals surface area contributed by atoms with Crippen molar-refractivity contribution in [3.63, 3.8) is 0 Å². The molecule has 0 N–H and O–H groups in total. The first-order valence-electron chi connectivity index (χ1n) is 5.88. The fraction of sp³-hybridized carbons (Fsp3) is 0.286. The van der Waals surface area contributed by atoms with Gasteiger partial charge in [0.2, 0.25) is 0 Å². The van der Waals surface area contributed by atoms with E-state index in [1.54, 1.807) is 22.9 Å². The molecular weight excluding hydrogens is 308 g/mol. The Labute approximate surface area is 120 Å². The van der Waals surface area contributed by atoms with Gasteiger partial charge >= 0.3 is 0 Å². The molecule has 2 aromatic rings. The SMILES string of the molecule is CC(=O)c1ccc(Oc2c(C)nn(C)c2C)c(Br)c1. The number of aromatic nitrogens is 2. The minimum absolute atomic E-state index is 0.0287. The average molecular weight is 323 g/mol. The van der Waals surface area contributed by atoms with Gasteiger partial charge in [-0.2, -0.15) is 5.10 Å². The van der Waals surface area contributed by atoms with Gasteiger partial charge in [0.25, 0.3) is 0 Å². The van der Waals surface area contributed by atoms with Crippen LogP contribution in [0, 0.1) is 13.8 Å². The maximum atomic E-state index is 11.3. The summed E-state index contributed by atoms with van der Waals surface area (Å²) in [5.41, 5.74) is 2.45. The number of carbonyl (C=O) groups excluding carboxylic acids is 1. The molecule has 0 amide bonds. The predicted octanol–water partition coefficient (Wildman–Crippen LogP) is 3.79. The van der Waals surface area contributed by atoms with Gasteiger partial charge in [-0.25, -0.2) is 0 Å². The van der Waals surface area contributed by atoms with Gasteiger partial charge in [0, 0.05) is 12.6 Å². The number of halogens is 1. The van der Waals surface area contributed by atoms with E-state index in [0.717, 1.165) is 21.6 Å². The fourth-order valence-electron chi connectivity index (χ4n) is 1.81. The van der Waals surface area contributed by atoms with Gasteiger partial charge in [0.15, 0.2) is 11.5 Å². The zero-order valence-corrected chi connectivity index (χ0v) is 12.9. The number of benzene rings is 1. The maximum Gasteiger partial charge on any atom is 0.171 e. The molecule has 0 aliphatic carbocycles. The van der Waals surface area contributed by atoms with Crippen LogP contribution in [0.1, 0.15) is 28.7 Å². The minimum Gasteiger partial charge on any atom is -0.452 e. The second-order valence-electron chi connectivity index (χ2n) is 4.43. The Morgan fingerprint density at radius 2 is 2.05 bits per heavy atom. The first kappa shape index (κ1) is 13.8. The summed E-state index contributed by atoms with van der Waals surface area (Å²) in [5.74, 6) is 1.45. The number of Topliss-reactive ketones (excluding diaryl/α,β-unsaturated/α-hetero) is 1. The van der Waals surface area contributed by atoms with Gasteiger partial charge in [-0.1, -0.05) is 0 Å². The van der Waals surface area contributed by atoms with Gasteiger partial charge in [0.05, 0.1) is 10.2 Å². The summed E-state index contributed by atoms with van der Waals surface area (Å²) < 4.78 is 8.42. The van der Waals surface area contributed by atoms with E-state index in [9.17, 15) is 4.79 Å². The molecule has 0 saturated carbocycles. The first-order chi connectivity index (χ1) is 8.90. The van der Waals surface area contributed by atoms with Crippen molar-refractivity contribution in [2.24, 2.45) is 7.05 Å². The topological polar surface area (TPSA) is 44.1 Å². The molecule has 100 valence electrons. The Hall–Kier alpha value is -1.62. The summed E-state index contributed by atoms with van der Waals surface area (Å²) in [6, 6.07) is 5.30. The van der Waals surface area contributed by atoms with Crippen LogP contribution in [0.3, 0.4) is 0 Å². The van der Waals surface area contributed by atoms with Crippen molar-refractivity contribution in [2.45, 2.75) is 20.8 Å². The average Bonchev–Trinajstić information content (AvgIpc) is 2.58. The maximum absolute atomic E-state index is 11.3. The number of carbonyl (C=O) groups is 1. The van der Waals surface area contributed by atoms with Crippen LogP contribution in [0.5, 0.6) is 11.5 Å². The van der Waals surface area contributed by atoms with Crippen LogP contribution in [-0.2, 0) is 7.05 Å². The Balaban J connectivity index is 2.36. The van der Waals surface area contributed by atoms with E-state index in [2.05, 4.69) is 21.0 Å². The van der Waals surface area contributed by atoms with Crippen LogP contribution in [-0.4, -0.2) is 15.6 Å². The molecule has 0 aliphatic rings. The number of hydrogen-bond acceptors (Lipinski definition) is 3. The highest BCUT2D eigenvalue weighted by Crippen LogP contribution is 2.33. The van der Waals surface area contributed by atoms with E-state index in [-0.39, 0.29) is 5.78 Å². The lowest BCUT2D eigenvalue weighted by Crippen LogP contribution is -1.95. The fourth-order valence-corrected chi connectivity index (χ4v) is 2.27. The Morgan fingerprint density at radius 1 is 1.37 bits per heavy atom. The molecular formula is C14H15BrN2O2. The van der Waals surface area contributed by atoms with Crippen LogP contribution >= 0.6 is 15.9 Å². The predicted molar refractivity (Wildman–Crippen MR) is 76.9 cm³/mol. The van der Waals surface area contributed by atoms with Crippen molar-refractivity contribution in [1.29, 1.82) is 0 Å². The molecule has 0 fully saturated rings. The van der Waals surface area contributed by atoms with Crippen molar-refractivity contribution in [1.82, 2.24) is 9.78 Å². The lowest BCUT2D eigenvalue weighted by molar-refractivity contribution is 0.101. The molecule has 0 unspecified atom stereocenters. The molecule has 0 atom stereocenters. The number of rotatable bonds is 3. The monoisotopic (exact) mass is 322 g/mol. The van der Waals surface area contributed by atoms with Crippen LogP contribution in [0.15, 0.2) is 22.7 Å². The van der Waals surface area contributed by atoms with Crippen molar-refractivity contribution in [2.75, 3.05) is 0 Å². The van der Waals surface area contributed by atoms with E-state index >= 15 is 0 Å². The van der Waals surface area contributed by atoms with Gasteiger partial charge in [-0.15, -0.1) is 0 Å². The molecule has 1 heterocycles. The highest BCUT2D eigenvalue weighted by atomic mass is 79.9. The molecule has 1 aromatic carbocycles. The number of ketones is 1. The quantitative estimate of drug-likeness (QED) is 0.807. The van der Waals surface area contributed by atoms with Crippen LogP contribution in [0.4, 0.5) is 0 Å². The standard InChI is InChI=1S/C14H15BrN2O2/c1-8-14(9(2)17(4)16-8)19-13-6-5-11(10(3)18)7-12(13)15/h5-7H,1-4H3. The lowest BCUT2D eigenvalue weighted by Gasteiger charge is -2.09.